The topological polar surface area (TPSA) is 75.8 Å². The van der Waals surface area contributed by atoms with Gasteiger partial charge in [-0.2, -0.15) is 0 Å². The molecule has 0 aliphatic heterocycles. The summed E-state index contributed by atoms with van der Waals surface area (Å²) in [6.07, 6.45) is 1.95. The molecule has 0 saturated carbocycles. The van der Waals surface area contributed by atoms with Gasteiger partial charge >= 0.3 is 0 Å². The van der Waals surface area contributed by atoms with E-state index in [2.05, 4.69) is 58.7 Å². The van der Waals surface area contributed by atoms with Gasteiger partial charge in [-0.1, -0.05) is 39.0 Å². The van der Waals surface area contributed by atoms with Crippen LogP contribution in [0.1, 0.15) is 32.2 Å². The zero-order valence-corrected chi connectivity index (χ0v) is 19.7. The molecule has 0 radical (unpaired) electrons. The van der Waals surface area contributed by atoms with Crippen LogP contribution in [0.4, 0.5) is 0 Å². The Morgan fingerprint density at radius 1 is 1.07 bits per heavy atom. The molecule has 2 heterocycles. The van der Waals surface area contributed by atoms with Gasteiger partial charge in [0.1, 0.15) is 12.4 Å². The SMILES string of the molecule is CN=C(NCCOc1ccc(C(C)(C)C)cc1)NCc1nnc2ccccn12.I. The molecule has 0 fully saturated rings. The Kier molecular flexibility index (Phi) is 8.24. The minimum Gasteiger partial charge on any atom is -0.492 e. The highest BCUT2D eigenvalue weighted by Gasteiger charge is 2.13. The Morgan fingerprint density at radius 2 is 1.83 bits per heavy atom. The summed E-state index contributed by atoms with van der Waals surface area (Å²) in [5, 5.41) is 14.8. The molecule has 8 heteroatoms. The van der Waals surface area contributed by atoms with E-state index in [1.54, 1.807) is 7.05 Å². The number of benzene rings is 1. The summed E-state index contributed by atoms with van der Waals surface area (Å²) in [4.78, 5) is 4.23. The van der Waals surface area contributed by atoms with Crippen molar-refractivity contribution in [1.82, 2.24) is 25.2 Å². The molecule has 1 aromatic carbocycles. The highest BCUT2D eigenvalue weighted by Crippen LogP contribution is 2.24. The smallest absolute Gasteiger partial charge is 0.191 e. The second-order valence-electron chi connectivity index (χ2n) is 7.52. The van der Waals surface area contributed by atoms with Gasteiger partial charge in [0, 0.05) is 13.2 Å². The molecule has 7 nitrogen and oxygen atoms in total. The number of rotatable bonds is 6. The number of nitrogens with zero attached hydrogens (tertiary/aromatic N) is 4. The van der Waals surface area contributed by atoms with Gasteiger partial charge in [0.05, 0.1) is 13.1 Å². The summed E-state index contributed by atoms with van der Waals surface area (Å²) < 4.78 is 7.75. The molecule has 156 valence electrons. The number of hydrogen-bond donors (Lipinski definition) is 2. The fourth-order valence-corrected chi connectivity index (χ4v) is 2.78. The summed E-state index contributed by atoms with van der Waals surface area (Å²) in [6, 6.07) is 14.1. The first kappa shape index (κ1) is 22.9. The predicted octanol–water partition coefficient (Wildman–Crippen LogP) is 3.39. The van der Waals surface area contributed by atoms with Crippen LogP contribution in [0, 0.1) is 0 Å². The van der Waals surface area contributed by atoms with E-state index in [4.69, 9.17) is 4.74 Å². The number of aromatic nitrogens is 3. The molecule has 0 bridgehead atoms. The first-order valence-electron chi connectivity index (χ1n) is 9.44. The minimum atomic E-state index is 0. The van der Waals surface area contributed by atoms with Crippen LogP contribution in [0.2, 0.25) is 0 Å². The van der Waals surface area contributed by atoms with Crippen LogP contribution in [0.15, 0.2) is 53.7 Å². The van der Waals surface area contributed by atoms with Crippen molar-refractivity contribution in [2.75, 3.05) is 20.2 Å². The number of nitrogens with one attached hydrogen (secondary N) is 2. The van der Waals surface area contributed by atoms with E-state index >= 15 is 0 Å². The fourth-order valence-electron chi connectivity index (χ4n) is 2.78. The molecule has 0 aliphatic rings. The summed E-state index contributed by atoms with van der Waals surface area (Å²) >= 11 is 0. The number of pyridine rings is 1. The third-order valence-electron chi connectivity index (χ3n) is 4.41. The van der Waals surface area contributed by atoms with Gasteiger partial charge in [-0.15, -0.1) is 34.2 Å². The van der Waals surface area contributed by atoms with E-state index in [-0.39, 0.29) is 29.4 Å². The lowest BCUT2D eigenvalue weighted by Crippen LogP contribution is -2.39. The van der Waals surface area contributed by atoms with Crippen molar-refractivity contribution in [3.05, 3.63) is 60.0 Å². The van der Waals surface area contributed by atoms with Crippen molar-refractivity contribution >= 4 is 35.6 Å². The summed E-state index contributed by atoms with van der Waals surface area (Å²) in [5.41, 5.74) is 2.27. The van der Waals surface area contributed by atoms with Gasteiger partial charge in [0.25, 0.3) is 0 Å². The minimum absolute atomic E-state index is 0. The number of ether oxygens (including phenoxy) is 1. The third kappa shape index (κ3) is 6.31. The molecule has 0 unspecified atom stereocenters. The predicted molar refractivity (Wildman–Crippen MR) is 127 cm³/mol. The largest absolute Gasteiger partial charge is 0.492 e. The van der Waals surface area contributed by atoms with E-state index < -0.39 is 0 Å². The van der Waals surface area contributed by atoms with E-state index in [9.17, 15) is 0 Å². The number of aliphatic imine (C=N–C) groups is 1. The molecule has 0 spiro atoms. The highest BCUT2D eigenvalue weighted by molar-refractivity contribution is 14.0. The molecule has 0 saturated heterocycles. The lowest BCUT2D eigenvalue weighted by molar-refractivity contribution is 0.321. The molecule has 0 aliphatic carbocycles. The molecule has 0 atom stereocenters. The van der Waals surface area contributed by atoms with Crippen molar-refractivity contribution in [2.45, 2.75) is 32.7 Å². The number of guanidine groups is 1. The Hall–Kier alpha value is -2.36. The average molecular weight is 508 g/mol. The van der Waals surface area contributed by atoms with Crippen LogP contribution in [0.5, 0.6) is 5.75 Å². The third-order valence-corrected chi connectivity index (χ3v) is 4.41. The van der Waals surface area contributed by atoms with Crippen molar-refractivity contribution in [3.8, 4) is 5.75 Å². The Morgan fingerprint density at radius 3 is 2.52 bits per heavy atom. The summed E-state index contributed by atoms with van der Waals surface area (Å²) in [7, 11) is 1.74. The molecule has 3 rings (SSSR count). The molecule has 3 aromatic rings. The van der Waals surface area contributed by atoms with Gasteiger partial charge < -0.3 is 15.4 Å². The van der Waals surface area contributed by atoms with Gasteiger partial charge in [0.15, 0.2) is 17.4 Å². The zero-order chi connectivity index (χ0) is 20.0. The van der Waals surface area contributed by atoms with Crippen LogP contribution in [0.3, 0.4) is 0 Å². The fraction of sp³-hybridized carbons (Fsp3) is 0.381. The first-order valence-corrected chi connectivity index (χ1v) is 9.44. The zero-order valence-electron chi connectivity index (χ0n) is 17.3. The Balaban J connectivity index is 0.00000300. The van der Waals surface area contributed by atoms with Crippen molar-refractivity contribution in [1.29, 1.82) is 0 Å². The van der Waals surface area contributed by atoms with Crippen molar-refractivity contribution in [3.63, 3.8) is 0 Å². The lowest BCUT2D eigenvalue weighted by atomic mass is 9.87. The Bertz CT molecular complexity index is 930. The number of fused-ring (bicyclic) bond motifs is 1. The second kappa shape index (κ2) is 10.4. The standard InChI is InChI=1S/C21H28N6O.HI/c1-21(2,3)16-8-10-17(11-9-16)28-14-12-23-20(22-4)24-15-19-26-25-18-7-5-6-13-27(18)19;/h5-11,13H,12,14-15H2,1-4H3,(H2,22,23,24);1H. The first-order chi connectivity index (χ1) is 13.5. The monoisotopic (exact) mass is 508 g/mol. The highest BCUT2D eigenvalue weighted by atomic mass is 127. The van der Waals surface area contributed by atoms with Crippen LogP contribution in [-0.4, -0.2) is 40.8 Å². The molecule has 2 aromatic heterocycles. The lowest BCUT2D eigenvalue weighted by Gasteiger charge is -2.19. The van der Waals surface area contributed by atoms with Gasteiger partial charge in [-0.3, -0.25) is 9.39 Å². The van der Waals surface area contributed by atoms with Crippen LogP contribution in [-0.2, 0) is 12.0 Å². The van der Waals surface area contributed by atoms with Crippen molar-refractivity contribution < 1.29 is 4.74 Å². The maximum absolute atomic E-state index is 5.80. The molecular formula is C21H29IN6O. The summed E-state index contributed by atoms with van der Waals surface area (Å²) in [5.74, 6) is 2.39. The van der Waals surface area contributed by atoms with Gasteiger partial charge in [-0.25, -0.2) is 0 Å². The van der Waals surface area contributed by atoms with Gasteiger partial charge in [0.2, 0.25) is 0 Å². The van der Waals surface area contributed by atoms with E-state index in [1.807, 2.05) is 40.9 Å². The van der Waals surface area contributed by atoms with E-state index in [0.717, 1.165) is 17.2 Å². The molecule has 2 N–H and O–H groups in total. The second-order valence-corrected chi connectivity index (χ2v) is 7.52. The van der Waals surface area contributed by atoms with E-state index in [1.165, 1.54) is 5.56 Å². The maximum Gasteiger partial charge on any atom is 0.191 e. The maximum atomic E-state index is 5.80. The number of halogens is 1. The van der Waals surface area contributed by atoms with E-state index in [0.29, 0.717) is 25.7 Å². The van der Waals surface area contributed by atoms with Crippen LogP contribution in [0.25, 0.3) is 5.65 Å². The molecular weight excluding hydrogens is 479 g/mol. The molecule has 0 amide bonds. The molecule has 29 heavy (non-hydrogen) atoms. The normalized spacial score (nSPS) is 11.8. The summed E-state index contributed by atoms with van der Waals surface area (Å²) in [6.45, 7) is 8.32. The number of hydrogen-bond acceptors (Lipinski definition) is 4. The quantitative estimate of drug-likeness (QED) is 0.231. The van der Waals surface area contributed by atoms with Gasteiger partial charge in [-0.05, 0) is 35.2 Å². The average Bonchev–Trinajstić information content (AvgIpc) is 3.10. The van der Waals surface area contributed by atoms with Crippen molar-refractivity contribution in [2.24, 2.45) is 4.99 Å². The van der Waals surface area contributed by atoms with Crippen LogP contribution < -0.4 is 15.4 Å². The Labute approximate surface area is 189 Å². The van der Waals surface area contributed by atoms with Crippen LogP contribution >= 0.6 is 24.0 Å².